The molecule has 2 aliphatic rings. The minimum absolute atomic E-state index is 0. The molecule has 6 nitrogen and oxygen atoms in total. The zero-order chi connectivity index (χ0) is 19.5. The molecule has 0 aromatic heterocycles. The summed E-state index contributed by atoms with van der Waals surface area (Å²) in [5, 5.41) is 7.05. The second-order valence-electron chi connectivity index (χ2n) is 8.61. The molecule has 1 saturated heterocycles. The molecule has 1 aliphatic heterocycles. The summed E-state index contributed by atoms with van der Waals surface area (Å²) in [6.45, 7) is 14.1. The molecule has 0 aromatic rings. The number of aliphatic imine (C=N–C) groups is 1. The van der Waals surface area contributed by atoms with Crippen molar-refractivity contribution in [1.29, 1.82) is 0 Å². The fraction of sp³-hybridized carbons (Fsp3) is 0.952. The van der Waals surface area contributed by atoms with Crippen LogP contribution in [0.1, 0.15) is 52.9 Å². The molecule has 1 saturated carbocycles. The molecule has 0 bridgehead atoms. The third kappa shape index (κ3) is 9.13. The Morgan fingerprint density at radius 1 is 1.29 bits per heavy atom. The van der Waals surface area contributed by atoms with Crippen LogP contribution in [0.4, 0.5) is 0 Å². The van der Waals surface area contributed by atoms with Gasteiger partial charge in [-0.25, -0.2) is 0 Å². The molecule has 28 heavy (non-hydrogen) atoms. The van der Waals surface area contributed by atoms with Gasteiger partial charge in [-0.2, -0.15) is 0 Å². The molecule has 0 radical (unpaired) electrons. The van der Waals surface area contributed by atoms with E-state index in [0.717, 1.165) is 64.9 Å². The molecule has 7 heteroatoms. The fourth-order valence-electron chi connectivity index (χ4n) is 4.36. The Hall–Kier alpha value is -0.120. The SMILES string of the molecule is CCOCCC1(CNC(=NC)NCC2CN(CC(C)C)CCO2)CCCC1.I. The number of guanidine groups is 1. The van der Waals surface area contributed by atoms with E-state index in [0.29, 0.717) is 11.3 Å². The number of morpholine rings is 1. The number of halogens is 1. The number of nitrogens with zero attached hydrogens (tertiary/aromatic N) is 2. The monoisotopic (exact) mass is 510 g/mol. The van der Waals surface area contributed by atoms with Crippen LogP contribution in [0.5, 0.6) is 0 Å². The average molecular weight is 511 g/mol. The zero-order valence-corrected chi connectivity index (χ0v) is 20.8. The number of ether oxygens (including phenoxy) is 2. The molecular weight excluding hydrogens is 467 g/mol. The zero-order valence-electron chi connectivity index (χ0n) is 18.5. The Morgan fingerprint density at radius 3 is 2.68 bits per heavy atom. The predicted molar refractivity (Wildman–Crippen MR) is 128 cm³/mol. The maximum Gasteiger partial charge on any atom is 0.191 e. The van der Waals surface area contributed by atoms with E-state index in [9.17, 15) is 0 Å². The first-order chi connectivity index (χ1) is 13.1. The first kappa shape index (κ1) is 25.9. The maximum absolute atomic E-state index is 5.94. The Labute approximate surface area is 189 Å². The van der Waals surface area contributed by atoms with Gasteiger partial charge in [0, 0.05) is 53.0 Å². The Kier molecular flexibility index (Phi) is 12.9. The molecule has 1 heterocycles. The molecule has 0 spiro atoms. The van der Waals surface area contributed by atoms with Gasteiger partial charge < -0.3 is 20.1 Å². The van der Waals surface area contributed by atoms with E-state index in [-0.39, 0.29) is 30.1 Å². The quantitative estimate of drug-likeness (QED) is 0.205. The first-order valence-corrected chi connectivity index (χ1v) is 10.9. The van der Waals surface area contributed by atoms with Crippen molar-refractivity contribution in [3.8, 4) is 0 Å². The van der Waals surface area contributed by atoms with Crippen molar-refractivity contribution in [2.24, 2.45) is 16.3 Å². The van der Waals surface area contributed by atoms with Crippen LogP contribution in [0.2, 0.25) is 0 Å². The smallest absolute Gasteiger partial charge is 0.191 e. The number of rotatable bonds is 10. The molecule has 1 aliphatic carbocycles. The molecule has 1 atom stereocenters. The van der Waals surface area contributed by atoms with E-state index in [1.807, 2.05) is 7.05 Å². The highest BCUT2D eigenvalue weighted by molar-refractivity contribution is 14.0. The molecule has 0 amide bonds. The summed E-state index contributed by atoms with van der Waals surface area (Å²) in [5.74, 6) is 1.59. The lowest BCUT2D eigenvalue weighted by Gasteiger charge is -2.34. The van der Waals surface area contributed by atoms with Crippen molar-refractivity contribution in [3.05, 3.63) is 0 Å². The van der Waals surface area contributed by atoms with Crippen LogP contribution in [0.3, 0.4) is 0 Å². The minimum Gasteiger partial charge on any atom is -0.382 e. The molecule has 1 unspecified atom stereocenters. The van der Waals surface area contributed by atoms with E-state index in [2.05, 4.69) is 41.3 Å². The molecule has 166 valence electrons. The highest BCUT2D eigenvalue weighted by Crippen LogP contribution is 2.40. The lowest BCUT2D eigenvalue weighted by atomic mass is 9.83. The van der Waals surface area contributed by atoms with Crippen LogP contribution in [0, 0.1) is 11.3 Å². The van der Waals surface area contributed by atoms with E-state index >= 15 is 0 Å². The van der Waals surface area contributed by atoms with Crippen molar-refractivity contribution in [1.82, 2.24) is 15.5 Å². The van der Waals surface area contributed by atoms with Gasteiger partial charge in [-0.15, -0.1) is 24.0 Å². The van der Waals surface area contributed by atoms with Crippen LogP contribution in [0.25, 0.3) is 0 Å². The van der Waals surface area contributed by atoms with Gasteiger partial charge in [-0.05, 0) is 37.5 Å². The standard InChI is InChI=1S/C21H42N4O2.HI/c1-5-26-12-10-21(8-6-7-9-21)17-24-20(22-4)23-14-19-16-25(11-13-27-19)15-18(2)3;/h18-19H,5-17H2,1-4H3,(H2,22,23,24);1H. The van der Waals surface area contributed by atoms with Gasteiger partial charge in [-0.3, -0.25) is 9.89 Å². The van der Waals surface area contributed by atoms with Crippen LogP contribution in [-0.4, -0.2) is 76.6 Å². The summed E-state index contributed by atoms with van der Waals surface area (Å²) in [5.41, 5.74) is 0.363. The third-order valence-electron chi connectivity index (χ3n) is 5.84. The Bertz CT molecular complexity index is 442. The first-order valence-electron chi connectivity index (χ1n) is 10.9. The van der Waals surface area contributed by atoms with Gasteiger partial charge in [0.1, 0.15) is 0 Å². The van der Waals surface area contributed by atoms with Crippen LogP contribution in [-0.2, 0) is 9.47 Å². The summed E-state index contributed by atoms with van der Waals surface area (Å²) in [6.07, 6.45) is 6.62. The third-order valence-corrected chi connectivity index (χ3v) is 5.84. The maximum atomic E-state index is 5.94. The van der Waals surface area contributed by atoms with Gasteiger partial charge in [0.15, 0.2) is 5.96 Å². The largest absolute Gasteiger partial charge is 0.382 e. The van der Waals surface area contributed by atoms with E-state index in [4.69, 9.17) is 9.47 Å². The van der Waals surface area contributed by atoms with Gasteiger partial charge in [-0.1, -0.05) is 26.7 Å². The number of nitrogens with one attached hydrogen (secondary N) is 2. The van der Waals surface area contributed by atoms with E-state index in [1.165, 1.54) is 25.7 Å². The van der Waals surface area contributed by atoms with E-state index < -0.39 is 0 Å². The summed E-state index contributed by atoms with van der Waals surface area (Å²) in [6, 6.07) is 0. The van der Waals surface area contributed by atoms with Crippen molar-refractivity contribution < 1.29 is 9.47 Å². The van der Waals surface area contributed by atoms with Crippen molar-refractivity contribution >= 4 is 29.9 Å². The average Bonchev–Trinajstić information content (AvgIpc) is 3.11. The predicted octanol–water partition coefficient (Wildman–Crippen LogP) is 3.11. The van der Waals surface area contributed by atoms with Crippen LogP contribution >= 0.6 is 24.0 Å². The summed E-state index contributed by atoms with van der Waals surface area (Å²) in [7, 11) is 1.85. The van der Waals surface area contributed by atoms with E-state index in [1.54, 1.807) is 0 Å². The molecule has 2 rings (SSSR count). The van der Waals surface area contributed by atoms with Crippen molar-refractivity contribution in [3.63, 3.8) is 0 Å². The highest BCUT2D eigenvalue weighted by Gasteiger charge is 2.33. The molecule has 0 aromatic carbocycles. The number of hydrogen-bond donors (Lipinski definition) is 2. The second kappa shape index (κ2) is 14.0. The van der Waals surface area contributed by atoms with Gasteiger partial charge in [0.2, 0.25) is 0 Å². The van der Waals surface area contributed by atoms with Gasteiger partial charge in [0.05, 0.1) is 12.7 Å². The lowest BCUT2D eigenvalue weighted by molar-refractivity contribution is -0.0284. The normalized spacial score (nSPS) is 22.9. The van der Waals surface area contributed by atoms with Gasteiger partial charge >= 0.3 is 0 Å². The Balaban J connectivity index is 0.00000392. The fourth-order valence-corrected chi connectivity index (χ4v) is 4.36. The van der Waals surface area contributed by atoms with Crippen LogP contribution in [0.15, 0.2) is 4.99 Å². The lowest BCUT2D eigenvalue weighted by Crippen LogP contribution is -2.51. The molecule has 2 fully saturated rings. The van der Waals surface area contributed by atoms with Crippen LogP contribution < -0.4 is 10.6 Å². The molecular formula is C21H43IN4O2. The minimum atomic E-state index is 0. The summed E-state index contributed by atoms with van der Waals surface area (Å²) >= 11 is 0. The highest BCUT2D eigenvalue weighted by atomic mass is 127. The Morgan fingerprint density at radius 2 is 2.04 bits per heavy atom. The number of hydrogen-bond acceptors (Lipinski definition) is 4. The molecule has 2 N–H and O–H groups in total. The second-order valence-corrected chi connectivity index (χ2v) is 8.61. The van der Waals surface area contributed by atoms with Crippen molar-refractivity contribution in [2.75, 3.05) is 59.6 Å². The summed E-state index contributed by atoms with van der Waals surface area (Å²) in [4.78, 5) is 6.93. The summed E-state index contributed by atoms with van der Waals surface area (Å²) < 4.78 is 11.6. The van der Waals surface area contributed by atoms with Gasteiger partial charge in [0.25, 0.3) is 0 Å². The van der Waals surface area contributed by atoms with Crippen molar-refractivity contribution in [2.45, 2.75) is 59.0 Å². The topological polar surface area (TPSA) is 58.1 Å².